The zero-order valence-corrected chi connectivity index (χ0v) is 16.8. The minimum absolute atomic E-state index is 0.00635. The Hall–Kier alpha value is -2.21. The molecule has 3 rings (SSSR count). The smallest absolute Gasteiger partial charge is 0.223 e. The zero-order chi connectivity index (χ0) is 19.4. The first-order chi connectivity index (χ1) is 13.0. The summed E-state index contributed by atoms with van der Waals surface area (Å²) in [6, 6.07) is 4.07. The molecule has 2 aromatic heterocycles. The van der Waals surface area contributed by atoms with Gasteiger partial charge in [0.15, 0.2) is 0 Å². The SMILES string of the molecule is COCCN1C(=O)C[C@@H](CNCc2cc(C#N)cs2)[C@@H]1c1cnn(C)c1C. The summed E-state index contributed by atoms with van der Waals surface area (Å²) in [5, 5.41) is 18.6. The van der Waals surface area contributed by atoms with Crippen LogP contribution in [-0.2, 0) is 23.1 Å². The number of nitriles is 1. The lowest BCUT2D eigenvalue weighted by Gasteiger charge is -2.28. The van der Waals surface area contributed by atoms with Crippen LogP contribution in [-0.4, -0.2) is 47.4 Å². The first-order valence-electron chi connectivity index (χ1n) is 9.00. The summed E-state index contributed by atoms with van der Waals surface area (Å²) in [6.07, 6.45) is 2.40. The molecule has 144 valence electrons. The molecule has 27 heavy (non-hydrogen) atoms. The van der Waals surface area contributed by atoms with Crippen molar-refractivity contribution in [2.45, 2.75) is 25.9 Å². The molecule has 1 aliphatic rings. The average Bonchev–Trinajstić information content (AvgIpc) is 3.33. The number of aromatic nitrogens is 2. The van der Waals surface area contributed by atoms with Gasteiger partial charge in [0.05, 0.1) is 24.4 Å². The molecule has 2 atom stereocenters. The maximum absolute atomic E-state index is 12.6. The summed E-state index contributed by atoms with van der Waals surface area (Å²) in [7, 11) is 3.58. The van der Waals surface area contributed by atoms with E-state index in [0.717, 1.165) is 22.7 Å². The van der Waals surface area contributed by atoms with Crippen molar-refractivity contribution in [2.24, 2.45) is 13.0 Å². The van der Waals surface area contributed by atoms with Gasteiger partial charge in [-0.15, -0.1) is 11.3 Å². The van der Waals surface area contributed by atoms with Crippen molar-refractivity contribution in [2.75, 3.05) is 26.8 Å². The van der Waals surface area contributed by atoms with Gasteiger partial charge in [0.25, 0.3) is 0 Å². The molecule has 0 spiro atoms. The van der Waals surface area contributed by atoms with Crippen molar-refractivity contribution in [3.63, 3.8) is 0 Å². The number of nitrogens with one attached hydrogen (secondary N) is 1. The van der Waals surface area contributed by atoms with Gasteiger partial charge in [-0.3, -0.25) is 9.48 Å². The van der Waals surface area contributed by atoms with Crippen molar-refractivity contribution in [3.8, 4) is 6.07 Å². The lowest BCUT2D eigenvalue weighted by Crippen LogP contribution is -2.34. The van der Waals surface area contributed by atoms with Crippen LogP contribution < -0.4 is 5.32 Å². The minimum atomic E-state index is 0.00635. The molecule has 0 aromatic carbocycles. The van der Waals surface area contributed by atoms with Crippen molar-refractivity contribution in [1.82, 2.24) is 20.0 Å². The molecular formula is C19H25N5O2S. The van der Waals surface area contributed by atoms with E-state index < -0.39 is 0 Å². The van der Waals surface area contributed by atoms with E-state index in [1.165, 1.54) is 0 Å². The lowest BCUT2D eigenvalue weighted by atomic mass is 9.94. The largest absolute Gasteiger partial charge is 0.383 e. The Morgan fingerprint density at radius 1 is 1.52 bits per heavy atom. The molecule has 1 aliphatic heterocycles. The Morgan fingerprint density at radius 3 is 2.96 bits per heavy atom. The topological polar surface area (TPSA) is 83.2 Å². The zero-order valence-electron chi connectivity index (χ0n) is 15.9. The monoisotopic (exact) mass is 387 g/mol. The second kappa shape index (κ2) is 8.65. The molecule has 0 aliphatic carbocycles. The molecule has 0 bridgehead atoms. The second-order valence-electron chi connectivity index (χ2n) is 6.84. The molecule has 3 heterocycles. The van der Waals surface area contributed by atoms with Gasteiger partial charge < -0.3 is 15.0 Å². The molecular weight excluding hydrogens is 362 g/mol. The normalized spacial score (nSPS) is 19.6. The van der Waals surface area contributed by atoms with Crippen LogP contribution in [0.5, 0.6) is 0 Å². The summed E-state index contributed by atoms with van der Waals surface area (Å²) in [4.78, 5) is 15.7. The number of likely N-dealkylation sites (tertiary alicyclic amines) is 1. The Balaban J connectivity index is 1.72. The fourth-order valence-electron chi connectivity index (χ4n) is 3.64. The number of ether oxygens (including phenoxy) is 1. The third-order valence-corrected chi connectivity index (χ3v) is 6.09. The highest BCUT2D eigenvalue weighted by molar-refractivity contribution is 7.10. The van der Waals surface area contributed by atoms with Crippen LogP contribution in [0.2, 0.25) is 0 Å². The third kappa shape index (κ3) is 4.21. The highest BCUT2D eigenvalue weighted by atomic mass is 32.1. The van der Waals surface area contributed by atoms with Crippen molar-refractivity contribution in [1.29, 1.82) is 5.26 Å². The molecule has 8 heteroatoms. The Morgan fingerprint density at radius 2 is 2.33 bits per heavy atom. The van der Waals surface area contributed by atoms with Crippen molar-refractivity contribution < 1.29 is 9.53 Å². The standard InChI is InChI=1S/C19H25N5O2S/c1-13-17(11-22-23(13)2)19-15(7-18(25)24(19)4-5-26-3)9-21-10-16-6-14(8-20)12-27-16/h6,11-12,15,19,21H,4-5,7,9-10H2,1-3H3/t15-,19+/m0/s1. The fourth-order valence-corrected chi connectivity index (χ4v) is 4.42. The Labute approximate surface area is 163 Å². The number of methoxy groups -OCH3 is 1. The van der Waals surface area contributed by atoms with Gasteiger partial charge in [0.2, 0.25) is 5.91 Å². The van der Waals surface area contributed by atoms with Crippen LogP contribution in [0.15, 0.2) is 17.6 Å². The first kappa shape index (κ1) is 19.5. The third-order valence-electron chi connectivity index (χ3n) is 5.16. The highest BCUT2D eigenvalue weighted by Gasteiger charge is 2.41. The molecule has 7 nitrogen and oxygen atoms in total. The molecule has 1 fully saturated rings. The summed E-state index contributed by atoms with van der Waals surface area (Å²) in [5.74, 6) is 0.336. The number of carbonyl (C=O) groups is 1. The molecule has 1 saturated heterocycles. The number of nitrogens with zero attached hydrogens (tertiary/aromatic N) is 4. The predicted octanol–water partition coefficient (Wildman–Crippen LogP) is 1.99. The first-order valence-corrected chi connectivity index (χ1v) is 9.88. The minimum Gasteiger partial charge on any atom is -0.383 e. The van der Waals surface area contributed by atoms with Crippen LogP contribution in [0.25, 0.3) is 0 Å². The summed E-state index contributed by atoms with van der Waals surface area (Å²) in [6.45, 7) is 4.58. The molecule has 0 unspecified atom stereocenters. The molecule has 0 radical (unpaired) electrons. The Kier molecular flexibility index (Phi) is 6.26. The average molecular weight is 388 g/mol. The number of carbonyl (C=O) groups excluding carboxylic acids is 1. The van der Waals surface area contributed by atoms with E-state index in [9.17, 15) is 4.79 Å². The van der Waals surface area contributed by atoms with Gasteiger partial charge in [-0.1, -0.05) is 0 Å². The Bertz CT molecular complexity index is 838. The van der Waals surface area contributed by atoms with E-state index in [2.05, 4.69) is 16.5 Å². The summed E-state index contributed by atoms with van der Waals surface area (Å²) >= 11 is 1.58. The van der Waals surface area contributed by atoms with Gasteiger partial charge in [-0.2, -0.15) is 10.4 Å². The number of aryl methyl sites for hydroxylation is 1. The van der Waals surface area contributed by atoms with E-state index in [4.69, 9.17) is 10.00 Å². The van der Waals surface area contributed by atoms with Crippen molar-refractivity contribution in [3.05, 3.63) is 39.3 Å². The second-order valence-corrected chi connectivity index (χ2v) is 7.84. The number of rotatable bonds is 8. The van der Waals surface area contributed by atoms with Crippen LogP contribution in [0.3, 0.4) is 0 Å². The van der Waals surface area contributed by atoms with Gasteiger partial charge in [-0.05, 0) is 13.0 Å². The number of hydrogen-bond donors (Lipinski definition) is 1. The van der Waals surface area contributed by atoms with E-state index >= 15 is 0 Å². The maximum Gasteiger partial charge on any atom is 0.223 e. The number of hydrogen-bond acceptors (Lipinski definition) is 6. The summed E-state index contributed by atoms with van der Waals surface area (Å²) in [5.41, 5.74) is 2.88. The van der Waals surface area contributed by atoms with Gasteiger partial charge in [-0.25, -0.2) is 0 Å². The van der Waals surface area contributed by atoms with Crippen LogP contribution in [0, 0.1) is 24.2 Å². The van der Waals surface area contributed by atoms with Crippen molar-refractivity contribution >= 4 is 17.2 Å². The van der Waals surface area contributed by atoms with E-state index in [1.807, 2.05) is 41.2 Å². The number of thiophene rings is 1. The van der Waals surface area contributed by atoms with E-state index in [1.54, 1.807) is 18.4 Å². The van der Waals surface area contributed by atoms with Gasteiger partial charge in [0, 0.05) is 67.6 Å². The van der Waals surface area contributed by atoms with Crippen LogP contribution >= 0.6 is 11.3 Å². The van der Waals surface area contributed by atoms with Crippen LogP contribution in [0.4, 0.5) is 0 Å². The lowest BCUT2D eigenvalue weighted by molar-refractivity contribution is -0.129. The molecule has 1 N–H and O–H groups in total. The van der Waals surface area contributed by atoms with E-state index in [-0.39, 0.29) is 17.9 Å². The molecule has 2 aromatic rings. The number of amides is 1. The quantitative estimate of drug-likeness (QED) is 0.749. The van der Waals surface area contributed by atoms with Crippen LogP contribution in [0.1, 0.15) is 34.2 Å². The van der Waals surface area contributed by atoms with Gasteiger partial charge in [0.1, 0.15) is 6.07 Å². The molecule has 1 amide bonds. The highest BCUT2D eigenvalue weighted by Crippen LogP contribution is 2.38. The maximum atomic E-state index is 12.6. The van der Waals surface area contributed by atoms with E-state index in [0.29, 0.717) is 31.7 Å². The predicted molar refractivity (Wildman–Crippen MR) is 103 cm³/mol. The molecule has 0 saturated carbocycles. The summed E-state index contributed by atoms with van der Waals surface area (Å²) < 4.78 is 7.06. The fraction of sp³-hybridized carbons (Fsp3) is 0.526. The van der Waals surface area contributed by atoms with Gasteiger partial charge >= 0.3 is 0 Å².